The normalized spacial score (nSPS) is 16.5. The van der Waals surface area contributed by atoms with E-state index in [0.29, 0.717) is 32.5 Å². The first-order valence-corrected chi connectivity index (χ1v) is 9.49. The Morgan fingerprint density at radius 3 is 2.61 bits per heavy atom. The highest BCUT2D eigenvalue weighted by Gasteiger charge is 2.25. The van der Waals surface area contributed by atoms with E-state index in [0.717, 1.165) is 16.9 Å². The molecule has 0 aromatic heterocycles. The molecule has 3 rings (SSSR count). The monoisotopic (exact) mass is 382 g/mol. The van der Waals surface area contributed by atoms with E-state index in [2.05, 4.69) is 5.32 Å². The first-order chi connectivity index (χ1) is 13.7. The third-order valence-corrected chi connectivity index (χ3v) is 4.83. The summed E-state index contributed by atoms with van der Waals surface area (Å²) in [7, 11) is 1.62. The zero-order chi connectivity index (χ0) is 19.8. The van der Waals surface area contributed by atoms with E-state index in [1.54, 1.807) is 12.0 Å². The lowest BCUT2D eigenvalue weighted by atomic mass is 10.1. The van der Waals surface area contributed by atoms with Crippen LogP contribution in [0.3, 0.4) is 0 Å². The van der Waals surface area contributed by atoms with Crippen LogP contribution in [0.15, 0.2) is 54.6 Å². The summed E-state index contributed by atoms with van der Waals surface area (Å²) in [5.74, 6) is 0.581. The summed E-state index contributed by atoms with van der Waals surface area (Å²) in [6.07, 6.45) is 0.845. The first-order valence-electron chi connectivity index (χ1n) is 9.49. The second-order valence-corrected chi connectivity index (χ2v) is 6.73. The fourth-order valence-corrected chi connectivity index (χ4v) is 3.17. The van der Waals surface area contributed by atoms with Gasteiger partial charge >= 0.3 is 0 Å². The molecule has 1 saturated heterocycles. The van der Waals surface area contributed by atoms with Gasteiger partial charge in [-0.1, -0.05) is 42.5 Å². The van der Waals surface area contributed by atoms with Crippen LogP contribution in [0.2, 0.25) is 0 Å². The minimum Gasteiger partial charge on any atom is -0.497 e. The van der Waals surface area contributed by atoms with Crippen molar-refractivity contribution in [3.8, 4) is 5.75 Å². The van der Waals surface area contributed by atoms with Crippen LogP contribution in [-0.2, 0) is 20.7 Å². The maximum absolute atomic E-state index is 12.5. The molecule has 1 aliphatic rings. The molecule has 1 atom stereocenters. The molecule has 6 heteroatoms. The van der Waals surface area contributed by atoms with Crippen molar-refractivity contribution in [2.45, 2.75) is 18.9 Å². The second-order valence-electron chi connectivity index (χ2n) is 6.73. The largest absolute Gasteiger partial charge is 0.497 e. The van der Waals surface area contributed by atoms with Crippen molar-refractivity contribution >= 4 is 11.8 Å². The summed E-state index contributed by atoms with van der Waals surface area (Å²) >= 11 is 0. The predicted molar refractivity (Wildman–Crippen MR) is 106 cm³/mol. The van der Waals surface area contributed by atoms with E-state index in [-0.39, 0.29) is 24.5 Å². The van der Waals surface area contributed by atoms with E-state index >= 15 is 0 Å². The van der Waals surface area contributed by atoms with Crippen molar-refractivity contribution < 1.29 is 19.1 Å². The molecule has 1 aliphatic heterocycles. The summed E-state index contributed by atoms with van der Waals surface area (Å²) in [4.78, 5) is 26.3. The number of methoxy groups -OCH3 is 1. The van der Waals surface area contributed by atoms with Gasteiger partial charge in [-0.05, 0) is 29.7 Å². The molecule has 0 saturated carbocycles. The molecule has 1 fully saturated rings. The quantitative estimate of drug-likeness (QED) is 0.798. The van der Waals surface area contributed by atoms with Gasteiger partial charge in [-0.2, -0.15) is 0 Å². The molecular formula is C22H26N2O4. The molecule has 1 heterocycles. The number of hydrogen-bond donors (Lipinski definition) is 1. The Bertz CT molecular complexity index is 777. The summed E-state index contributed by atoms with van der Waals surface area (Å²) in [6.45, 7) is 1.56. The molecule has 0 bridgehead atoms. The van der Waals surface area contributed by atoms with Crippen LogP contribution in [0.1, 0.15) is 23.7 Å². The number of nitrogens with zero attached hydrogens (tertiary/aromatic N) is 1. The van der Waals surface area contributed by atoms with Crippen LogP contribution >= 0.6 is 0 Å². The highest BCUT2D eigenvalue weighted by atomic mass is 16.5. The molecule has 28 heavy (non-hydrogen) atoms. The Morgan fingerprint density at radius 2 is 1.89 bits per heavy atom. The Labute approximate surface area is 165 Å². The number of amides is 2. The number of aryl methyl sites for hydroxylation is 1. The number of nitrogens with one attached hydrogen (secondary N) is 1. The minimum absolute atomic E-state index is 0.0168. The molecule has 2 aromatic carbocycles. The Kier molecular flexibility index (Phi) is 7.03. The third-order valence-electron chi connectivity index (χ3n) is 4.83. The summed E-state index contributed by atoms with van der Waals surface area (Å²) in [5.41, 5.74) is 2.12. The molecule has 6 nitrogen and oxygen atoms in total. The van der Waals surface area contributed by atoms with Gasteiger partial charge in [-0.25, -0.2) is 0 Å². The third kappa shape index (κ3) is 5.57. The molecule has 148 valence electrons. The van der Waals surface area contributed by atoms with Crippen molar-refractivity contribution in [1.29, 1.82) is 0 Å². The molecule has 0 spiro atoms. The van der Waals surface area contributed by atoms with Gasteiger partial charge in [0, 0.05) is 13.0 Å². The lowest BCUT2D eigenvalue weighted by Crippen LogP contribution is -2.46. The van der Waals surface area contributed by atoms with Crippen molar-refractivity contribution in [3.05, 3.63) is 65.7 Å². The molecular weight excluding hydrogens is 356 g/mol. The number of morpholine rings is 1. The van der Waals surface area contributed by atoms with Crippen LogP contribution in [0.25, 0.3) is 0 Å². The molecule has 0 aliphatic carbocycles. The number of carbonyl (C=O) groups is 2. The second kappa shape index (κ2) is 9.90. The standard InChI is InChI=1S/C22H26N2O4/c1-27-19-10-7-17(8-11-19)9-12-21(25)23-15-22(26)24-13-14-28-20(16-24)18-5-3-2-4-6-18/h2-8,10-11,20H,9,12-16H2,1H3,(H,23,25)/t20-/m0/s1. The van der Waals surface area contributed by atoms with Gasteiger partial charge in [0.15, 0.2) is 0 Å². The fraction of sp³-hybridized carbons (Fsp3) is 0.364. The van der Waals surface area contributed by atoms with E-state index in [1.807, 2.05) is 54.6 Å². The number of benzene rings is 2. The van der Waals surface area contributed by atoms with Gasteiger partial charge in [0.2, 0.25) is 11.8 Å². The zero-order valence-corrected chi connectivity index (χ0v) is 16.1. The molecule has 2 amide bonds. The van der Waals surface area contributed by atoms with Crippen molar-refractivity contribution in [2.75, 3.05) is 33.4 Å². The molecule has 0 radical (unpaired) electrons. The van der Waals surface area contributed by atoms with Gasteiger partial charge < -0.3 is 19.7 Å². The summed E-state index contributed by atoms with van der Waals surface area (Å²) in [5, 5.41) is 2.73. The summed E-state index contributed by atoms with van der Waals surface area (Å²) in [6, 6.07) is 17.5. The van der Waals surface area contributed by atoms with Crippen molar-refractivity contribution in [3.63, 3.8) is 0 Å². The van der Waals surface area contributed by atoms with Crippen LogP contribution in [0.4, 0.5) is 0 Å². The maximum Gasteiger partial charge on any atom is 0.242 e. The van der Waals surface area contributed by atoms with Crippen LogP contribution in [0.5, 0.6) is 5.75 Å². The Morgan fingerprint density at radius 1 is 1.14 bits per heavy atom. The average Bonchev–Trinajstić information content (AvgIpc) is 2.77. The number of ether oxygens (including phenoxy) is 2. The Hall–Kier alpha value is -2.86. The number of carbonyl (C=O) groups excluding carboxylic acids is 2. The predicted octanol–water partition coefficient (Wildman–Crippen LogP) is 2.34. The zero-order valence-electron chi connectivity index (χ0n) is 16.1. The van der Waals surface area contributed by atoms with Crippen LogP contribution in [0, 0.1) is 0 Å². The van der Waals surface area contributed by atoms with Gasteiger partial charge in [-0.3, -0.25) is 9.59 Å². The SMILES string of the molecule is COc1ccc(CCC(=O)NCC(=O)N2CCO[C@H](c3ccccc3)C2)cc1. The van der Waals surface area contributed by atoms with Crippen LogP contribution < -0.4 is 10.1 Å². The van der Waals surface area contributed by atoms with Gasteiger partial charge in [0.05, 0.1) is 26.8 Å². The highest BCUT2D eigenvalue weighted by molar-refractivity contribution is 5.84. The minimum atomic E-state index is -0.128. The maximum atomic E-state index is 12.5. The van der Waals surface area contributed by atoms with E-state index in [1.165, 1.54) is 0 Å². The topological polar surface area (TPSA) is 67.9 Å². The molecule has 1 N–H and O–H groups in total. The van der Waals surface area contributed by atoms with E-state index in [4.69, 9.17) is 9.47 Å². The highest BCUT2D eigenvalue weighted by Crippen LogP contribution is 2.21. The number of hydrogen-bond acceptors (Lipinski definition) is 4. The number of rotatable bonds is 7. The smallest absolute Gasteiger partial charge is 0.242 e. The summed E-state index contributed by atoms with van der Waals surface area (Å²) < 4.78 is 10.9. The van der Waals surface area contributed by atoms with Crippen molar-refractivity contribution in [1.82, 2.24) is 10.2 Å². The molecule has 0 unspecified atom stereocenters. The van der Waals surface area contributed by atoms with Crippen LogP contribution in [-0.4, -0.2) is 50.1 Å². The Balaban J connectivity index is 1.42. The molecule has 2 aromatic rings. The van der Waals surface area contributed by atoms with E-state index in [9.17, 15) is 9.59 Å². The van der Waals surface area contributed by atoms with E-state index < -0.39 is 0 Å². The van der Waals surface area contributed by atoms with Gasteiger partial charge in [0.25, 0.3) is 0 Å². The van der Waals surface area contributed by atoms with Crippen molar-refractivity contribution in [2.24, 2.45) is 0 Å². The average molecular weight is 382 g/mol. The fourth-order valence-electron chi connectivity index (χ4n) is 3.17. The lowest BCUT2D eigenvalue weighted by Gasteiger charge is -2.33. The first kappa shape index (κ1) is 19.9. The lowest BCUT2D eigenvalue weighted by molar-refractivity contribution is -0.139. The van der Waals surface area contributed by atoms with Gasteiger partial charge in [0.1, 0.15) is 11.9 Å². The van der Waals surface area contributed by atoms with Gasteiger partial charge in [-0.15, -0.1) is 0 Å².